The Kier molecular flexibility index (Phi) is 12.3. The van der Waals surface area contributed by atoms with Crippen LogP contribution in [-0.2, 0) is 28.5 Å². The Balaban J connectivity index is 2.08. The molecule has 246 valence electrons. The van der Waals surface area contributed by atoms with Gasteiger partial charge in [0.15, 0.2) is 17.7 Å². The van der Waals surface area contributed by atoms with Crippen molar-refractivity contribution >= 4 is 11.8 Å². The minimum absolute atomic E-state index is 0.0253. The molecule has 10 nitrogen and oxygen atoms in total. The number of esters is 1. The molecule has 0 aromatic rings. The second-order valence-electron chi connectivity index (χ2n) is 14.1. The number of methoxy groups -OCH3 is 1. The summed E-state index contributed by atoms with van der Waals surface area (Å²) in [6, 6.07) is -0.243. The summed E-state index contributed by atoms with van der Waals surface area (Å²) in [5.41, 5.74) is -2.82. The van der Waals surface area contributed by atoms with Crippen LogP contribution in [0, 0.1) is 35.5 Å². The Bertz CT molecular complexity index is 993. The lowest BCUT2D eigenvalue weighted by molar-refractivity contribution is -0.291. The number of hydrogen-bond acceptors (Lipinski definition) is 10. The summed E-state index contributed by atoms with van der Waals surface area (Å²) in [6.07, 6.45) is 5.57. The summed E-state index contributed by atoms with van der Waals surface area (Å²) in [5, 5.41) is 14.7. The summed E-state index contributed by atoms with van der Waals surface area (Å²) in [6.45, 7) is 13.4. The van der Waals surface area contributed by atoms with Crippen LogP contribution in [0.5, 0.6) is 0 Å². The van der Waals surface area contributed by atoms with Crippen molar-refractivity contribution in [1.29, 1.82) is 0 Å². The molecule has 0 spiro atoms. The molecule has 2 N–H and O–H groups in total. The SMILES string of the molecule is C#C[C@@]1(OC)C[C@@H](C)CN(C)[C@H](C2CCNCC2)[C@H](C)OC(=O)C(C)(C)C(=O)[C@H](C)[C@H]1O[C@@H]1O[C@H](C)C[C@H](N(C)C)[C@H]1O. The zero-order valence-electron chi connectivity index (χ0n) is 28.1. The Morgan fingerprint density at radius 3 is 2.33 bits per heavy atom. The maximum absolute atomic E-state index is 14.3. The van der Waals surface area contributed by atoms with Crippen molar-refractivity contribution in [3.8, 4) is 12.3 Å². The van der Waals surface area contributed by atoms with Crippen LogP contribution in [0.15, 0.2) is 0 Å². The number of nitrogens with one attached hydrogen (secondary N) is 1. The van der Waals surface area contributed by atoms with Crippen molar-refractivity contribution in [2.75, 3.05) is 47.9 Å². The van der Waals surface area contributed by atoms with Crippen LogP contribution in [0.3, 0.4) is 0 Å². The number of rotatable bonds is 5. The van der Waals surface area contributed by atoms with Crippen molar-refractivity contribution < 1.29 is 33.6 Å². The summed E-state index contributed by atoms with van der Waals surface area (Å²) < 4.78 is 25.0. The number of Topliss-reactive ketones (excluding diaryl/α,β-unsaturated/α-hetero) is 1. The molecular formula is C33H57N3O7. The molecule has 0 aliphatic carbocycles. The number of hydrogen-bond donors (Lipinski definition) is 2. The number of aliphatic hydroxyl groups is 1. The number of cyclic esters (lactones) is 1. The van der Waals surface area contributed by atoms with E-state index in [9.17, 15) is 14.7 Å². The highest BCUT2D eigenvalue weighted by atomic mass is 16.7. The molecule has 0 radical (unpaired) electrons. The van der Waals surface area contributed by atoms with Crippen molar-refractivity contribution in [2.24, 2.45) is 23.2 Å². The highest BCUT2D eigenvalue weighted by molar-refractivity contribution is 6.04. The van der Waals surface area contributed by atoms with E-state index in [0.29, 0.717) is 25.3 Å². The van der Waals surface area contributed by atoms with Crippen LogP contribution in [0.25, 0.3) is 0 Å². The molecule has 3 heterocycles. The molecule has 3 saturated heterocycles. The minimum Gasteiger partial charge on any atom is -0.460 e. The maximum Gasteiger partial charge on any atom is 0.319 e. The second kappa shape index (κ2) is 14.7. The highest BCUT2D eigenvalue weighted by Crippen LogP contribution is 2.39. The zero-order valence-corrected chi connectivity index (χ0v) is 28.1. The zero-order chi connectivity index (χ0) is 32.3. The van der Waals surface area contributed by atoms with Crippen LogP contribution >= 0.6 is 0 Å². The van der Waals surface area contributed by atoms with Crippen molar-refractivity contribution in [3.63, 3.8) is 0 Å². The number of aliphatic hydroxyl groups excluding tert-OH is 1. The topological polar surface area (TPSA) is 110 Å². The van der Waals surface area contributed by atoms with Gasteiger partial charge >= 0.3 is 5.97 Å². The molecule has 0 unspecified atom stereocenters. The molecule has 0 bridgehead atoms. The van der Waals surface area contributed by atoms with Crippen LogP contribution in [0.4, 0.5) is 0 Å². The molecule has 10 heteroatoms. The number of likely N-dealkylation sites (N-methyl/N-ethyl adjacent to an activating group) is 2. The van der Waals surface area contributed by atoms with Gasteiger partial charge in [-0.25, -0.2) is 0 Å². The van der Waals surface area contributed by atoms with Crippen molar-refractivity contribution in [3.05, 3.63) is 0 Å². The summed E-state index contributed by atoms with van der Waals surface area (Å²) >= 11 is 0. The molecule has 0 aromatic heterocycles. The normalized spacial score (nSPS) is 41.0. The van der Waals surface area contributed by atoms with Gasteiger partial charge in [0.05, 0.1) is 6.10 Å². The first-order valence-corrected chi connectivity index (χ1v) is 15.9. The number of ketones is 1. The van der Waals surface area contributed by atoms with E-state index >= 15 is 0 Å². The van der Waals surface area contributed by atoms with Gasteiger partial charge in [-0.15, -0.1) is 6.42 Å². The molecule has 3 fully saturated rings. The number of carbonyl (C=O) groups excluding carboxylic acids is 2. The molecular weight excluding hydrogens is 550 g/mol. The van der Waals surface area contributed by atoms with Crippen LogP contribution < -0.4 is 5.32 Å². The van der Waals surface area contributed by atoms with E-state index in [1.165, 1.54) is 7.11 Å². The molecule has 0 saturated carbocycles. The van der Waals surface area contributed by atoms with Crippen molar-refractivity contribution in [2.45, 2.75) is 116 Å². The predicted octanol–water partition coefficient (Wildman–Crippen LogP) is 2.32. The van der Waals surface area contributed by atoms with E-state index in [4.69, 9.17) is 25.4 Å². The van der Waals surface area contributed by atoms with Gasteiger partial charge in [0.1, 0.15) is 23.7 Å². The van der Waals surface area contributed by atoms with Gasteiger partial charge < -0.3 is 34.3 Å². The number of nitrogens with zero attached hydrogens (tertiary/aromatic N) is 2. The fourth-order valence-corrected chi connectivity index (χ4v) is 7.62. The average molecular weight is 608 g/mol. The first-order chi connectivity index (χ1) is 20.1. The molecule has 0 aromatic carbocycles. The quantitative estimate of drug-likeness (QED) is 0.275. The Morgan fingerprint density at radius 1 is 1.14 bits per heavy atom. The molecule has 3 aliphatic heterocycles. The van der Waals surface area contributed by atoms with Gasteiger partial charge in [-0.1, -0.05) is 19.8 Å². The number of ether oxygens (including phenoxy) is 4. The Morgan fingerprint density at radius 2 is 1.77 bits per heavy atom. The van der Waals surface area contributed by atoms with Gasteiger partial charge in [0, 0.05) is 31.7 Å². The van der Waals surface area contributed by atoms with Crippen LogP contribution in [0.2, 0.25) is 0 Å². The lowest BCUT2D eigenvalue weighted by Crippen LogP contribution is -2.60. The van der Waals surface area contributed by atoms with E-state index < -0.39 is 47.5 Å². The molecule has 3 rings (SSSR count). The molecule has 0 amide bonds. The van der Waals surface area contributed by atoms with Gasteiger partial charge in [-0.05, 0) is 99.4 Å². The smallest absolute Gasteiger partial charge is 0.319 e. The van der Waals surface area contributed by atoms with E-state index in [0.717, 1.165) is 25.9 Å². The Labute approximate surface area is 259 Å². The Hall–Kier alpha value is -1.58. The first-order valence-electron chi connectivity index (χ1n) is 15.9. The average Bonchev–Trinajstić information content (AvgIpc) is 2.95. The lowest BCUT2D eigenvalue weighted by atomic mass is 9.73. The minimum atomic E-state index is -1.48. The summed E-state index contributed by atoms with van der Waals surface area (Å²) in [7, 11) is 7.41. The van der Waals surface area contributed by atoms with E-state index in [-0.39, 0.29) is 29.9 Å². The first kappa shape index (κ1) is 35.9. The second-order valence-corrected chi connectivity index (χ2v) is 14.1. The predicted molar refractivity (Wildman–Crippen MR) is 165 cm³/mol. The fraction of sp³-hybridized carbons (Fsp3) is 0.879. The third-order valence-corrected chi connectivity index (χ3v) is 10.0. The summed E-state index contributed by atoms with van der Waals surface area (Å²) in [5.74, 6) is 1.39. The largest absolute Gasteiger partial charge is 0.460 e. The maximum atomic E-state index is 14.3. The van der Waals surface area contributed by atoms with Gasteiger partial charge in [0.2, 0.25) is 0 Å². The van der Waals surface area contributed by atoms with Gasteiger partial charge in [0.25, 0.3) is 0 Å². The van der Waals surface area contributed by atoms with E-state index in [2.05, 4.69) is 30.1 Å². The monoisotopic (exact) mass is 607 g/mol. The third kappa shape index (κ3) is 7.81. The summed E-state index contributed by atoms with van der Waals surface area (Å²) in [4.78, 5) is 32.2. The molecule has 43 heavy (non-hydrogen) atoms. The number of piperidine rings is 1. The standard InChI is InChI=1S/C33H57N3O7/c1-12-33(40-11)18-20(2)19-36(10)26(24-13-15-34-16-14-24)23(5)42-31(39)32(6,7)28(38)22(4)29(33)43-30-27(37)25(35(8)9)17-21(3)41-30/h1,20-27,29-30,34,37H,13-19H2,2-11H3/t20-,21-,22+,23+,25+,26+,27-,29-,30+,33-/m1/s1. The van der Waals surface area contributed by atoms with Crippen LogP contribution in [-0.4, -0.2) is 123 Å². The highest BCUT2D eigenvalue weighted by Gasteiger charge is 2.53. The van der Waals surface area contributed by atoms with Crippen LogP contribution in [0.1, 0.15) is 67.2 Å². The number of terminal acetylenes is 1. The van der Waals surface area contributed by atoms with Crippen molar-refractivity contribution in [1.82, 2.24) is 15.1 Å². The lowest BCUT2D eigenvalue weighted by Gasteiger charge is -2.46. The van der Waals surface area contributed by atoms with E-state index in [1.54, 1.807) is 20.8 Å². The van der Waals surface area contributed by atoms with E-state index in [1.807, 2.05) is 32.8 Å². The van der Waals surface area contributed by atoms with Gasteiger partial charge in [-0.2, -0.15) is 0 Å². The molecule has 3 aliphatic rings. The van der Waals surface area contributed by atoms with Gasteiger partial charge in [-0.3, -0.25) is 14.5 Å². The number of carbonyl (C=O) groups is 2. The molecule has 10 atom stereocenters. The fourth-order valence-electron chi connectivity index (χ4n) is 7.62. The third-order valence-electron chi connectivity index (χ3n) is 10.0.